The Bertz CT molecular complexity index is 454. The van der Waals surface area contributed by atoms with Gasteiger partial charge in [-0.05, 0) is 30.2 Å². The van der Waals surface area contributed by atoms with Gasteiger partial charge in [-0.2, -0.15) is 5.21 Å². The van der Waals surface area contributed by atoms with Crippen LogP contribution in [-0.4, -0.2) is 20.6 Å². The molecule has 0 aliphatic carbocycles. The SMILES string of the molecule is Cc1cc(Cl)ccc1CNCc1nn[nH]n1. The maximum atomic E-state index is 5.88. The number of aryl methyl sites for hydroxylation is 1. The Morgan fingerprint density at radius 3 is 2.94 bits per heavy atom. The first-order chi connectivity index (χ1) is 7.75. The van der Waals surface area contributed by atoms with E-state index in [0.717, 1.165) is 11.6 Å². The zero-order valence-electron chi connectivity index (χ0n) is 8.87. The zero-order valence-corrected chi connectivity index (χ0v) is 9.62. The monoisotopic (exact) mass is 237 g/mol. The number of nitrogens with one attached hydrogen (secondary N) is 2. The molecule has 16 heavy (non-hydrogen) atoms. The molecule has 2 rings (SSSR count). The Hall–Kier alpha value is -1.46. The summed E-state index contributed by atoms with van der Waals surface area (Å²) >= 11 is 5.88. The van der Waals surface area contributed by atoms with Gasteiger partial charge in [0, 0.05) is 11.6 Å². The van der Waals surface area contributed by atoms with E-state index in [2.05, 4.69) is 25.9 Å². The average molecular weight is 238 g/mol. The van der Waals surface area contributed by atoms with Gasteiger partial charge in [-0.3, -0.25) is 0 Å². The maximum Gasteiger partial charge on any atom is 0.188 e. The van der Waals surface area contributed by atoms with Crippen molar-refractivity contribution in [1.82, 2.24) is 25.9 Å². The van der Waals surface area contributed by atoms with Gasteiger partial charge in [0.15, 0.2) is 5.82 Å². The fourth-order valence-corrected chi connectivity index (χ4v) is 1.65. The molecule has 0 radical (unpaired) electrons. The van der Waals surface area contributed by atoms with Crippen LogP contribution < -0.4 is 5.32 Å². The summed E-state index contributed by atoms with van der Waals surface area (Å²) < 4.78 is 0. The summed E-state index contributed by atoms with van der Waals surface area (Å²) in [6, 6.07) is 5.85. The van der Waals surface area contributed by atoms with E-state index in [1.54, 1.807) is 0 Å². The van der Waals surface area contributed by atoms with E-state index >= 15 is 0 Å². The highest BCUT2D eigenvalue weighted by molar-refractivity contribution is 6.30. The van der Waals surface area contributed by atoms with Crippen LogP contribution in [0.15, 0.2) is 18.2 Å². The number of halogens is 1. The largest absolute Gasteiger partial charge is 0.306 e. The number of nitrogens with zero attached hydrogens (tertiary/aromatic N) is 3. The summed E-state index contributed by atoms with van der Waals surface area (Å²) in [5, 5.41) is 17.6. The molecule has 0 fully saturated rings. The number of hydrogen-bond donors (Lipinski definition) is 2. The second-order valence-corrected chi connectivity index (χ2v) is 3.94. The Morgan fingerprint density at radius 1 is 1.38 bits per heavy atom. The highest BCUT2D eigenvalue weighted by Gasteiger charge is 2.00. The summed E-state index contributed by atoms with van der Waals surface area (Å²) in [5.74, 6) is 0.659. The molecule has 0 atom stereocenters. The van der Waals surface area contributed by atoms with Crippen LogP contribution in [0.1, 0.15) is 17.0 Å². The van der Waals surface area contributed by atoms with Gasteiger partial charge >= 0.3 is 0 Å². The summed E-state index contributed by atoms with van der Waals surface area (Å²) in [7, 11) is 0. The molecule has 0 saturated carbocycles. The summed E-state index contributed by atoms with van der Waals surface area (Å²) in [5.41, 5.74) is 2.39. The number of hydrogen-bond acceptors (Lipinski definition) is 4. The number of tetrazole rings is 1. The molecule has 0 spiro atoms. The van der Waals surface area contributed by atoms with Gasteiger partial charge in [0.25, 0.3) is 0 Å². The van der Waals surface area contributed by atoms with E-state index in [-0.39, 0.29) is 0 Å². The predicted molar refractivity (Wildman–Crippen MR) is 60.9 cm³/mol. The average Bonchev–Trinajstić information content (AvgIpc) is 2.74. The number of rotatable bonds is 4. The first-order valence-corrected chi connectivity index (χ1v) is 5.31. The molecule has 0 unspecified atom stereocenters. The molecule has 1 aromatic carbocycles. The predicted octanol–water partition coefficient (Wildman–Crippen LogP) is 1.45. The molecule has 0 saturated heterocycles. The van der Waals surface area contributed by atoms with Crippen molar-refractivity contribution >= 4 is 11.6 Å². The van der Waals surface area contributed by atoms with Crippen LogP contribution in [0.4, 0.5) is 0 Å². The van der Waals surface area contributed by atoms with Crippen molar-refractivity contribution in [2.75, 3.05) is 0 Å². The zero-order chi connectivity index (χ0) is 11.4. The van der Waals surface area contributed by atoms with Gasteiger partial charge in [-0.15, -0.1) is 10.2 Å². The lowest BCUT2D eigenvalue weighted by molar-refractivity contribution is 0.661. The fraction of sp³-hybridized carbons (Fsp3) is 0.300. The molecule has 2 aromatic rings. The third kappa shape index (κ3) is 2.77. The topological polar surface area (TPSA) is 66.5 Å². The number of aromatic nitrogens is 4. The Morgan fingerprint density at radius 2 is 2.25 bits per heavy atom. The summed E-state index contributed by atoms with van der Waals surface area (Å²) in [6.07, 6.45) is 0. The summed E-state index contributed by atoms with van der Waals surface area (Å²) in [6.45, 7) is 3.40. The maximum absolute atomic E-state index is 5.88. The van der Waals surface area contributed by atoms with Crippen LogP contribution in [0.25, 0.3) is 0 Å². The third-order valence-electron chi connectivity index (χ3n) is 2.29. The first kappa shape index (κ1) is 11.0. The lowest BCUT2D eigenvalue weighted by Crippen LogP contribution is -2.14. The van der Waals surface area contributed by atoms with Gasteiger partial charge in [0.2, 0.25) is 0 Å². The van der Waals surface area contributed by atoms with E-state index in [0.29, 0.717) is 12.4 Å². The molecule has 0 aliphatic rings. The Labute approximate surface area is 98.2 Å². The van der Waals surface area contributed by atoms with Crippen molar-refractivity contribution < 1.29 is 0 Å². The molecule has 0 bridgehead atoms. The van der Waals surface area contributed by atoms with Crippen molar-refractivity contribution in [3.05, 3.63) is 40.2 Å². The first-order valence-electron chi connectivity index (χ1n) is 4.94. The van der Waals surface area contributed by atoms with E-state index in [1.807, 2.05) is 25.1 Å². The van der Waals surface area contributed by atoms with Crippen LogP contribution in [-0.2, 0) is 13.1 Å². The molecular formula is C10H12ClN5. The van der Waals surface area contributed by atoms with Crippen molar-refractivity contribution in [1.29, 1.82) is 0 Å². The van der Waals surface area contributed by atoms with Crippen LogP contribution in [0.5, 0.6) is 0 Å². The van der Waals surface area contributed by atoms with Crippen molar-refractivity contribution in [2.45, 2.75) is 20.0 Å². The lowest BCUT2D eigenvalue weighted by Gasteiger charge is -2.06. The Balaban J connectivity index is 1.90. The van der Waals surface area contributed by atoms with E-state index < -0.39 is 0 Å². The molecule has 1 heterocycles. The fourth-order valence-electron chi connectivity index (χ4n) is 1.42. The lowest BCUT2D eigenvalue weighted by atomic mass is 10.1. The molecule has 1 aromatic heterocycles. The molecular weight excluding hydrogens is 226 g/mol. The molecule has 2 N–H and O–H groups in total. The quantitative estimate of drug-likeness (QED) is 0.845. The smallest absolute Gasteiger partial charge is 0.188 e. The third-order valence-corrected chi connectivity index (χ3v) is 2.53. The number of aromatic amines is 1. The van der Waals surface area contributed by atoms with Gasteiger partial charge in [-0.1, -0.05) is 22.9 Å². The molecule has 6 heteroatoms. The standard InChI is InChI=1S/C10H12ClN5/c1-7-4-9(11)3-2-8(7)5-12-6-10-13-15-16-14-10/h2-4,12H,5-6H2,1H3,(H,13,14,15,16). The summed E-state index contributed by atoms with van der Waals surface area (Å²) in [4.78, 5) is 0. The van der Waals surface area contributed by atoms with Crippen LogP contribution in [0.2, 0.25) is 5.02 Å². The van der Waals surface area contributed by atoms with E-state index in [4.69, 9.17) is 11.6 Å². The molecule has 5 nitrogen and oxygen atoms in total. The van der Waals surface area contributed by atoms with Gasteiger partial charge in [-0.25, -0.2) is 0 Å². The number of benzene rings is 1. The van der Waals surface area contributed by atoms with E-state index in [9.17, 15) is 0 Å². The molecule has 0 aliphatic heterocycles. The molecule has 0 amide bonds. The van der Waals surface area contributed by atoms with Gasteiger partial charge in [0.05, 0.1) is 6.54 Å². The Kier molecular flexibility index (Phi) is 3.48. The van der Waals surface area contributed by atoms with E-state index in [1.165, 1.54) is 11.1 Å². The second kappa shape index (κ2) is 5.05. The van der Waals surface area contributed by atoms with Crippen LogP contribution >= 0.6 is 11.6 Å². The van der Waals surface area contributed by atoms with Crippen molar-refractivity contribution in [3.8, 4) is 0 Å². The highest BCUT2D eigenvalue weighted by atomic mass is 35.5. The van der Waals surface area contributed by atoms with Gasteiger partial charge in [0.1, 0.15) is 0 Å². The minimum atomic E-state index is 0.596. The minimum Gasteiger partial charge on any atom is -0.306 e. The van der Waals surface area contributed by atoms with Crippen LogP contribution in [0.3, 0.4) is 0 Å². The minimum absolute atomic E-state index is 0.596. The van der Waals surface area contributed by atoms with Crippen molar-refractivity contribution in [2.24, 2.45) is 0 Å². The van der Waals surface area contributed by atoms with Gasteiger partial charge < -0.3 is 5.32 Å². The van der Waals surface area contributed by atoms with Crippen molar-refractivity contribution in [3.63, 3.8) is 0 Å². The molecule has 84 valence electrons. The normalized spacial score (nSPS) is 10.6. The second-order valence-electron chi connectivity index (χ2n) is 3.50. The number of H-pyrrole nitrogens is 1. The highest BCUT2D eigenvalue weighted by Crippen LogP contribution is 2.14. The van der Waals surface area contributed by atoms with Crippen LogP contribution in [0, 0.1) is 6.92 Å².